The average Bonchev–Trinajstić information content (AvgIpc) is 3.26. The fourth-order valence-electron chi connectivity index (χ4n) is 3.08. The minimum Gasteiger partial charge on any atom is -0.326 e. The lowest BCUT2D eigenvalue weighted by atomic mass is 10.1. The summed E-state index contributed by atoms with van der Waals surface area (Å²) in [6, 6.07) is 9.04. The van der Waals surface area contributed by atoms with Crippen LogP contribution in [0.2, 0.25) is 0 Å². The number of fused-ring (bicyclic) bond motifs is 1. The van der Waals surface area contributed by atoms with Gasteiger partial charge >= 0.3 is 0 Å². The van der Waals surface area contributed by atoms with Crippen molar-refractivity contribution in [2.24, 2.45) is 0 Å². The first-order valence-electron chi connectivity index (χ1n) is 8.85. The van der Waals surface area contributed by atoms with Crippen LogP contribution < -0.4 is 10.6 Å². The molecule has 4 aromatic rings. The van der Waals surface area contributed by atoms with Gasteiger partial charge in [-0.05, 0) is 42.8 Å². The summed E-state index contributed by atoms with van der Waals surface area (Å²) in [5.74, 6) is -1.59. The fraction of sp³-hybridized carbons (Fsp3) is 0.0952. The maximum absolute atomic E-state index is 14.4. The van der Waals surface area contributed by atoms with Gasteiger partial charge in [-0.25, -0.2) is 13.8 Å². The minimum absolute atomic E-state index is 0.251. The Kier molecular flexibility index (Phi) is 5.31. The van der Waals surface area contributed by atoms with Gasteiger partial charge in [0.25, 0.3) is 5.91 Å². The van der Waals surface area contributed by atoms with Crippen LogP contribution in [-0.2, 0) is 4.79 Å². The van der Waals surface area contributed by atoms with Gasteiger partial charge < -0.3 is 5.32 Å². The number of amides is 2. The molecule has 0 atom stereocenters. The molecule has 2 heterocycles. The van der Waals surface area contributed by atoms with E-state index in [0.717, 1.165) is 11.3 Å². The number of nitrogens with zero attached hydrogens (tertiary/aromatic N) is 1. The van der Waals surface area contributed by atoms with E-state index in [9.17, 15) is 18.4 Å². The van der Waals surface area contributed by atoms with Gasteiger partial charge in [0, 0.05) is 33.6 Å². The number of thiazole rings is 1. The molecule has 0 aliphatic carbocycles. The molecule has 0 saturated heterocycles. The molecule has 9 heteroatoms. The van der Waals surface area contributed by atoms with E-state index < -0.39 is 11.7 Å². The first kappa shape index (κ1) is 20.1. The molecule has 0 aliphatic rings. The molecule has 2 N–H and O–H groups in total. The van der Waals surface area contributed by atoms with Crippen molar-refractivity contribution >= 4 is 55.4 Å². The van der Waals surface area contributed by atoms with E-state index >= 15 is 0 Å². The van der Waals surface area contributed by atoms with E-state index in [2.05, 4.69) is 15.6 Å². The van der Waals surface area contributed by atoms with E-state index in [-0.39, 0.29) is 17.3 Å². The van der Waals surface area contributed by atoms with Crippen LogP contribution in [0, 0.1) is 18.6 Å². The molecule has 0 aliphatic heterocycles. The lowest BCUT2D eigenvalue weighted by Crippen LogP contribution is -2.11. The van der Waals surface area contributed by atoms with E-state index in [4.69, 9.17) is 0 Å². The predicted molar refractivity (Wildman–Crippen MR) is 116 cm³/mol. The van der Waals surface area contributed by atoms with Gasteiger partial charge in [-0.3, -0.25) is 14.9 Å². The van der Waals surface area contributed by atoms with Crippen molar-refractivity contribution in [1.29, 1.82) is 0 Å². The molecule has 0 unspecified atom stereocenters. The number of anilines is 2. The van der Waals surface area contributed by atoms with E-state index in [1.54, 1.807) is 30.5 Å². The van der Waals surface area contributed by atoms with Crippen LogP contribution in [0.15, 0.2) is 41.8 Å². The highest BCUT2D eigenvalue weighted by atomic mass is 32.1. The number of rotatable bonds is 4. The summed E-state index contributed by atoms with van der Waals surface area (Å²) in [4.78, 5) is 28.5. The zero-order valence-corrected chi connectivity index (χ0v) is 17.5. The molecule has 0 radical (unpaired) electrons. The number of benzene rings is 2. The van der Waals surface area contributed by atoms with Gasteiger partial charge in [0.2, 0.25) is 5.91 Å². The van der Waals surface area contributed by atoms with Gasteiger partial charge in [-0.1, -0.05) is 6.07 Å². The summed E-state index contributed by atoms with van der Waals surface area (Å²) < 4.78 is 29.2. The molecule has 0 saturated carbocycles. The molecule has 4 rings (SSSR count). The van der Waals surface area contributed by atoms with Gasteiger partial charge in [0.15, 0.2) is 5.13 Å². The SMILES string of the molecule is CC(=O)Nc1ccc(-c2csc(NC(=O)c3sc4cccc(F)c4c3C)n2)c(F)c1. The lowest BCUT2D eigenvalue weighted by molar-refractivity contribution is -0.114. The summed E-state index contributed by atoms with van der Waals surface area (Å²) in [6.45, 7) is 3.05. The Hall–Kier alpha value is -3.17. The van der Waals surface area contributed by atoms with E-state index in [1.165, 1.54) is 36.5 Å². The summed E-state index contributed by atoms with van der Waals surface area (Å²) in [5, 5.41) is 7.59. The average molecular weight is 444 g/mol. The molecule has 0 fully saturated rings. The number of halogens is 2. The number of aromatic nitrogens is 1. The predicted octanol–water partition coefficient (Wildman–Crippen LogP) is 5.82. The van der Waals surface area contributed by atoms with Crippen LogP contribution >= 0.6 is 22.7 Å². The number of hydrogen-bond donors (Lipinski definition) is 2. The first-order valence-corrected chi connectivity index (χ1v) is 10.5. The van der Waals surface area contributed by atoms with Crippen LogP contribution in [0.5, 0.6) is 0 Å². The Morgan fingerprint density at radius 1 is 1.07 bits per heavy atom. The summed E-state index contributed by atoms with van der Waals surface area (Å²) in [7, 11) is 0. The smallest absolute Gasteiger partial charge is 0.267 e. The standard InChI is InChI=1S/C21H15F2N3O2S2/c1-10-18-14(22)4-3-5-17(18)30-19(10)20(28)26-21-25-16(9-29-21)13-7-6-12(8-15(13)23)24-11(2)27/h3-9H,1-2H3,(H,24,27)(H,25,26,28). The van der Waals surface area contributed by atoms with Crippen LogP contribution in [0.3, 0.4) is 0 Å². The zero-order valence-electron chi connectivity index (χ0n) is 15.9. The molecule has 152 valence electrons. The minimum atomic E-state index is -0.541. The lowest BCUT2D eigenvalue weighted by Gasteiger charge is -2.05. The summed E-state index contributed by atoms with van der Waals surface area (Å²) >= 11 is 2.37. The number of carbonyl (C=O) groups excluding carboxylic acids is 2. The molecule has 2 aromatic heterocycles. The monoisotopic (exact) mass is 443 g/mol. The third kappa shape index (κ3) is 3.81. The topological polar surface area (TPSA) is 71.1 Å². The van der Waals surface area contributed by atoms with Crippen LogP contribution in [0.25, 0.3) is 21.3 Å². The van der Waals surface area contributed by atoms with Crippen molar-refractivity contribution in [2.75, 3.05) is 10.6 Å². The summed E-state index contributed by atoms with van der Waals surface area (Å²) in [6.07, 6.45) is 0. The van der Waals surface area contributed by atoms with Gasteiger partial charge in [-0.15, -0.1) is 22.7 Å². The Bertz CT molecular complexity index is 1300. The van der Waals surface area contributed by atoms with Crippen molar-refractivity contribution in [3.63, 3.8) is 0 Å². The Balaban J connectivity index is 1.57. The van der Waals surface area contributed by atoms with Crippen LogP contribution in [-0.4, -0.2) is 16.8 Å². The fourth-order valence-corrected chi connectivity index (χ4v) is 4.91. The molecule has 2 aromatic carbocycles. The molecule has 2 amide bonds. The van der Waals surface area contributed by atoms with Crippen molar-refractivity contribution < 1.29 is 18.4 Å². The quantitative estimate of drug-likeness (QED) is 0.417. The van der Waals surface area contributed by atoms with Crippen molar-refractivity contribution in [2.45, 2.75) is 13.8 Å². The highest BCUT2D eigenvalue weighted by molar-refractivity contribution is 7.21. The molecule has 30 heavy (non-hydrogen) atoms. The maximum atomic E-state index is 14.4. The molecule has 0 spiro atoms. The van der Waals surface area contributed by atoms with E-state index in [1.807, 2.05) is 0 Å². The molecule has 0 bridgehead atoms. The maximum Gasteiger partial charge on any atom is 0.267 e. The van der Waals surface area contributed by atoms with Gasteiger partial charge in [-0.2, -0.15) is 0 Å². The second kappa shape index (κ2) is 7.92. The number of thiophene rings is 1. The normalized spacial score (nSPS) is 10.9. The number of aryl methyl sites for hydroxylation is 1. The molecular formula is C21H15F2N3O2S2. The van der Waals surface area contributed by atoms with Gasteiger partial charge in [0.1, 0.15) is 11.6 Å². The first-order chi connectivity index (χ1) is 14.3. The third-order valence-electron chi connectivity index (χ3n) is 4.40. The zero-order chi connectivity index (χ0) is 21.4. The number of hydrogen-bond acceptors (Lipinski definition) is 5. The number of carbonyl (C=O) groups is 2. The van der Waals surface area contributed by atoms with Crippen LogP contribution in [0.4, 0.5) is 19.6 Å². The van der Waals surface area contributed by atoms with E-state index in [0.29, 0.717) is 37.0 Å². The van der Waals surface area contributed by atoms with Crippen molar-refractivity contribution in [3.8, 4) is 11.3 Å². The molecule has 5 nitrogen and oxygen atoms in total. The number of nitrogens with one attached hydrogen (secondary N) is 2. The second-order valence-corrected chi connectivity index (χ2v) is 8.45. The Morgan fingerprint density at radius 3 is 2.57 bits per heavy atom. The largest absolute Gasteiger partial charge is 0.326 e. The Morgan fingerprint density at radius 2 is 1.87 bits per heavy atom. The van der Waals surface area contributed by atoms with Gasteiger partial charge in [0.05, 0.1) is 10.6 Å². The second-order valence-electron chi connectivity index (χ2n) is 6.54. The third-order valence-corrected chi connectivity index (χ3v) is 6.41. The van der Waals surface area contributed by atoms with Crippen molar-refractivity contribution in [3.05, 3.63) is 63.9 Å². The highest BCUT2D eigenvalue weighted by Crippen LogP contribution is 2.34. The van der Waals surface area contributed by atoms with Crippen LogP contribution in [0.1, 0.15) is 22.2 Å². The summed E-state index contributed by atoms with van der Waals surface area (Å²) in [5.41, 5.74) is 1.53. The highest BCUT2D eigenvalue weighted by Gasteiger charge is 2.19. The van der Waals surface area contributed by atoms with Crippen molar-refractivity contribution in [1.82, 2.24) is 4.98 Å². The molecular weight excluding hydrogens is 428 g/mol. The Labute approximate surface area is 178 Å².